The largest absolute Gasteiger partial charge is 0.378 e. The molecule has 0 N–H and O–H groups in total. The predicted molar refractivity (Wildman–Crippen MR) is 82.9 cm³/mol. The average Bonchev–Trinajstić information content (AvgIpc) is 2.34. The minimum absolute atomic E-state index is 0. The van der Waals surface area contributed by atoms with E-state index in [4.69, 9.17) is 0 Å². The first-order valence-corrected chi connectivity index (χ1v) is 6.86. The third-order valence-corrected chi connectivity index (χ3v) is 3.10. The lowest BCUT2D eigenvalue weighted by Gasteiger charge is -2.12. The van der Waals surface area contributed by atoms with Gasteiger partial charge in [0.25, 0.3) is 0 Å². The highest BCUT2D eigenvalue weighted by atomic mass is 35.5. The van der Waals surface area contributed by atoms with E-state index in [9.17, 15) is 0 Å². The van der Waals surface area contributed by atoms with Crippen LogP contribution < -0.4 is 4.90 Å². The van der Waals surface area contributed by atoms with Gasteiger partial charge in [0.2, 0.25) is 0 Å². The van der Waals surface area contributed by atoms with Crippen LogP contribution in [0.1, 0.15) is 51.1 Å². The lowest BCUT2D eigenvalue weighted by Crippen LogP contribution is -2.09. The van der Waals surface area contributed by atoms with Gasteiger partial charge in [-0.15, -0.1) is 12.4 Å². The Balaban J connectivity index is 0.00000289. The fraction of sp³-hybridized carbons (Fsp3) is 0.667. The van der Waals surface area contributed by atoms with Gasteiger partial charge in [-0.3, -0.25) is 4.98 Å². The molecule has 0 aliphatic carbocycles. The van der Waals surface area contributed by atoms with Crippen molar-refractivity contribution in [3.05, 3.63) is 24.0 Å². The zero-order valence-corrected chi connectivity index (χ0v) is 12.8. The minimum Gasteiger partial charge on any atom is -0.378 e. The lowest BCUT2D eigenvalue weighted by atomic mass is 10.1. The number of nitrogens with zero attached hydrogens (tertiary/aromatic N) is 2. The van der Waals surface area contributed by atoms with Crippen molar-refractivity contribution in [1.29, 1.82) is 0 Å². The van der Waals surface area contributed by atoms with E-state index in [2.05, 4.69) is 43.0 Å². The molecule has 0 aliphatic heterocycles. The van der Waals surface area contributed by atoms with Crippen molar-refractivity contribution >= 4 is 18.1 Å². The second-order valence-corrected chi connectivity index (χ2v) is 4.92. The Hall–Kier alpha value is -0.760. The number of aryl methyl sites for hydroxylation is 1. The number of aromatic nitrogens is 1. The molecule has 0 aromatic carbocycles. The molecule has 0 aliphatic rings. The third-order valence-electron chi connectivity index (χ3n) is 3.10. The van der Waals surface area contributed by atoms with Crippen LogP contribution in [0.5, 0.6) is 0 Å². The fourth-order valence-electron chi connectivity index (χ4n) is 1.97. The number of unbranched alkanes of at least 4 members (excludes halogenated alkanes) is 5. The van der Waals surface area contributed by atoms with E-state index in [-0.39, 0.29) is 12.4 Å². The van der Waals surface area contributed by atoms with E-state index in [1.165, 1.54) is 49.9 Å². The van der Waals surface area contributed by atoms with Gasteiger partial charge in [-0.1, -0.05) is 39.0 Å². The van der Waals surface area contributed by atoms with Crippen molar-refractivity contribution in [3.8, 4) is 0 Å². The van der Waals surface area contributed by atoms with E-state index in [1.807, 2.05) is 6.20 Å². The summed E-state index contributed by atoms with van der Waals surface area (Å²) in [4.78, 5) is 6.56. The Bertz CT molecular complexity index is 313. The van der Waals surface area contributed by atoms with Crippen LogP contribution in [0, 0.1) is 0 Å². The Morgan fingerprint density at radius 2 is 1.72 bits per heavy atom. The van der Waals surface area contributed by atoms with E-state index in [0.717, 1.165) is 6.42 Å². The molecule has 0 radical (unpaired) electrons. The third kappa shape index (κ3) is 6.85. The second-order valence-electron chi connectivity index (χ2n) is 4.92. The normalized spacial score (nSPS) is 9.94. The fourth-order valence-corrected chi connectivity index (χ4v) is 1.97. The van der Waals surface area contributed by atoms with Gasteiger partial charge in [0.05, 0.1) is 0 Å². The first-order chi connectivity index (χ1) is 8.24. The minimum atomic E-state index is 0. The van der Waals surface area contributed by atoms with Crippen molar-refractivity contribution in [2.24, 2.45) is 0 Å². The van der Waals surface area contributed by atoms with E-state index in [1.54, 1.807) is 0 Å². The van der Waals surface area contributed by atoms with Gasteiger partial charge in [0.1, 0.15) is 0 Å². The summed E-state index contributed by atoms with van der Waals surface area (Å²) in [6, 6.07) is 4.26. The van der Waals surface area contributed by atoms with Gasteiger partial charge in [-0.05, 0) is 25.0 Å². The summed E-state index contributed by atoms with van der Waals surface area (Å²) in [6.45, 7) is 2.26. The first-order valence-electron chi connectivity index (χ1n) is 6.86. The summed E-state index contributed by atoms with van der Waals surface area (Å²) in [7, 11) is 4.15. The molecule has 18 heavy (non-hydrogen) atoms. The van der Waals surface area contributed by atoms with Crippen LogP contribution >= 0.6 is 12.4 Å². The van der Waals surface area contributed by atoms with Crippen LogP contribution in [-0.2, 0) is 6.42 Å². The quantitative estimate of drug-likeness (QED) is 0.648. The summed E-state index contributed by atoms with van der Waals surface area (Å²) in [5.74, 6) is 0. The number of anilines is 1. The SMILES string of the molecule is CCCCCCCCc1cc(N(C)C)ccn1.Cl. The predicted octanol–water partition coefficient (Wildman–Crippen LogP) is 4.47. The van der Waals surface area contributed by atoms with Gasteiger partial charge >= 0.3 is 0 Å². The summed E-state index contributed by atoms with van der Waals surface area (Å²) in [5, 5.41) is 0. The molecule has 104 valence electrons. The number of pyridine rings is 1. The molecule has 0 saturated carbocycles. The molecule has 1 aromatic heterocycles. The Morgan fingerprint density at radius 1 is 1.06 bits per heavy atom. The molecule has 0 fully saturated rings. The molecular formula is C15H27ClN2. The highest BCUT2D eigenvalue weighted by Crippen LogP contribution is 2.14. The molecule has 3 heteroatoms. The van der Waals surface area contributed by atoms with Crippen LogP contribution in [0.4, 0.5) is 5.69 Å². The number of hydrogen-bond acceptors (Lipinski definition) is 2. The van der Waals surface area contributed by atoms with Crippen molar-refractivity contribution in [2.75, 3.05) is 19.0 Å². The Morgan fingerprint density at radius 3 is 2.39 bits per heavy atom. The van der Waals surface area contributed by atoms with Crippen molar-refractivity contribution < 1.29 is 0 Å². The summed E-state index contributed by atoms with van der Waals surface area (Å²) < 4.78 is 0. The smallest absolute Gasteiger partial charge is 0.0424 e. The monoisotopic (exact) mass is 270 g/mol. The molecule has 1 heterocycles. The summed E-state index contributed by atoms with van der Waals surface area (Å²) in [5.41, 5.74) is 2.48. The molecular weight excluding hydrogens is 244 g/mol. The highest BCUT2D eigenvalue weighted by molar-refractivity contribution is 5.85. The standard InChI is InChI=1S/C15H26N2.ClH/c1-4-5-6-7-8-9-10-14-13-15(17(2)3)11-12-16-14;/h11-13H,4-10H2,1-3H3;1H. The van der Waals surface area contributed by atoms with Crippen LogP contribution in [0.2, 0.25) is 0 Å². The molecule has 1 aromatic rings. The Labute approximate surface area is 118 Å². The van der Waals surface area contributed by atoms with Crippen LogP contribution in [-0.4, -0.2) is 19.1 Å². The maximum Gasteiger partial charge on any atom is 0.0424 e. The van der Waals surface area contributed by atoms with Crippen LogP contribution in [0.3, 0.4) is 0 Å². The lowest BCUT2D eigenvalue weighted by molar-refractivity contribution is 0.604. The topological polar surface area (TPSA) is 16.1 Å². The molecule has 1 rings (SSSR count). The molecule has 0 atom stereocenters. The van der Waals surface area contributed by atoms with E-state index in [0.29, 0.717) is 0 Å². The molecule has 0 amide bonds. The summed E-state index contributed by atoms with van der Waals surface area (Å²) >= 11 is 0. The van der Waals surface area contributed by atoms with Gasteiger partial charge in [0, 0.05) is 31.7 Å². The maximum atomic E-state index is 4.43. The zero-order chi connectivity index (χ0) is 12.5. The zero-order valence-electron chi connectivity index (χ0n) is 12.0. The molecule has 2 nitrogen and oxygen atoms in total. The van der Waals surface area contributed by atoms with Crippen molar-refractivity contribution in [3.63, 3.8) is 0 Å². The molecule has 0 spiro atoms. The van der Waals surface area contributed by atoms with Crippen LogP contribution in [0.15, 0.2) is 18.3 Å². The molecule has 0 saturated heterocycles. The van der Waals surface area contributed by atoms with E-state index >= 15 is 0 Å². The van der Waals surface area contributed by atoms with Gasteiger partial charge in [-0.2, -0.15) is 0 Å². The molecule has 0 unspecified atom stereocenters. The summed E-state index contributed by atoms with van der Waals surface area (Å²) in [6.07, 6.45) is 11.1. The van der Waals surface area contributed by atoms with Gasteiger partial charge in [-0.25, -0.2) is 0 Å². The number of halogens is 1. The number of rotatable bonds is 8. The van der Waals surface area contributed by atoms with Crippen molar-refractivity contribution in [1.82, 2.24) is 4.98 Å². The average molecular weight is 271 g/mol. The second kappa shape index (κ2) is 10.2. The number of hydrogen-bond donors (Lipinski definition) is 0. The van der Waals surface area contributed by atoms with Crippen molar-refractivity contribution in [2.45, 2.75) is 51.9 Å². The molecule has 0 bridgehead atoms. The highest BCUT2D eigenvalue weighted by Gasteiger charge is 1.99. The first kappa shape index (κ1) is 17.2. The van der Waals surface area contributed by atoms with Crippen LogP contribution in [0.25, 0.3) is 0 Å². The maximum absolute atomic E-state index is 4.43. The Kier molecular flexibility index (Phi) is 9.76. The van der Waals surface area contributed by atoms with E-state index < -0.39 is 0 Å². The van der Waals surface area contributed by atoms with Gasteiger partial charge in [0.15, 0.2) is 0 Å². The van der Waals surface area contributed by atoms with Gasteiger partial charge < -0.3 is 4.90 Å².